The number of rotatable bonds is 7. The largest absolute Gasteiger partial charge is 0.365 e. The fourth-order valence-corrected chi connectivity index (χ4v) is 8.50. The van der Waals surface area contributed by atoms with Gasteiger partial charge in [-0.15, -0.1) is 0 Å². The van der Waals surface area contributed by atoms with E-state index in [0.717, 1.165) is 35.0 Å². The highest BCUT2D eigenvalue weighted by Crippen LogP contribution is 2.39. The smallest absolute Gasteiger partial charge is 0.269 e. The van der Waals surface area contributed by atoms with Gasteiger partial charge in [-0.2, -0.15) is 0 Å². The third-order valence-electron chi connectivity index (χ3n) is 7.16. The van der Waals surface area contributed by atoms with E-state index in [0.29, 0.717) is 17.4 Å². The van der Waals surface area contributed by atoms with Crippen molar-refractivity contribution in [1.29, 1.82) is 0 Å². The van der Waals surface area contributed by atoms with Crippen molar-refractivity contribution in [3.63, 3.8) is 0 Å². The van der Waals surface area contributed by atoms with Crippen LogP contribution in [-0.2, 0) is 19.9 Å². The van der Waals surface area contributed by atoms with Gasteiger partial charge in [-0.25, -0.2) is 40.2 Å². The zero-order valence-corrected chi connectivity index (χ0v) is 24.6. The number of hydrogen-bond acceptors (Lipinski definition) is 8. The molecule has 1 aliphatic rings. The quantitative estimate of drug-likeness (QED) is 0.303. The van der Waals surface area contributed by atoms with Crippen molar-refractivity contribution in [3.8, 4) is 11.4 Å². The van der Waals surface area contributed by atoms with E-state index in [1.165, 1.54) is 30.8 Å². The molecular formula is C27H29ClFN5O4S2. The van der Waals surface area contributed by atoms with Crippen molar-refractivity contribution >= 4 is 48.3 Å². The highest BCUT2D eigenvalue weighted by Gasteiger charge is 2.35. The number of halogens is 2. The molecule has 4 aromatic rings. The maximum absolute atomic E-state index is 14.9. The van der Waals surface area contributed by atoms with Gasteiger partial charge in [0, 0.05) is 35.6 Å². The molecule has 0 saturated heterocycles. The van der Waals surface area contributed by atoms with E-state index in [4.69, 9.17) is 11.6 Å². The zero-order chi connectivity index (χ0) is 28.9. The van der Waals surface area contributed by atoms with Crippen LogP contribution in [0.1, 0.15) is 38.2 Å². The van der Waals surface area contributed by atoms with Crippen LogP contribution in [0, 0.1) is 18.2 Å². The number of hydrogen-bond donors (Lipinski definition) is 1. The molecule has 0 bridgehead atoms. The van der Waals surface area contributed by atoms with Gasteiger partial charge in [0.2, 0.25) is 0 Å². The second-order valence-corrected chi connectivity index (χ2v) is 15.3. The Morgan fingerprint density at radius 2 is 1.88 bits per heavy atom. The van der Waals surface area contributed by atoms with Gasteiger partial charge in [-0.3, -0.25) is 0 Å². The first-order valence-electron chi connectivity index (χ1n) is 12.7. The molecule has 1 aromatic carbocycles. The number of aromatic nitrogens is 4. The van der Waals surface area contributed by atoms with Crippen LogP contribution in [0.3, 0.4) is 0 Å². The predicted octanol–water partition coefficient (Wildman–Crippen LogP) is 5.24. The lowest BCUT2D eigenvalue weighted by Gasteiger charge is -2.38. The van der Waals surface area contributed by atoms with Crippen LogP contribution >= 0.6 is 11.6 Å². The molecule has 1 saturated carbocycles. The van der Waals surface area contributed by atoms with Crippen molar-refractivity contribution in [2.75, 3.05) is 17.3 Å². The average molecular weight is 606 g/mol. The molecule has 9 nitrogen and oxygen atoms in total. The lowest BCUT2D eigenvalue weighted by atomic mass is 9.75. The molecule has 0 aliphatic heterocycles. The van der Waals surface area contributed by atoms with Crippen molar-refractivity contribution in [2.45, 2.75) is 50.5 Å². The highest BCUT2D eigenvalue weighted by molar-refractivity contribution is 7.90. The second kappa shape index (κ2) is 10.4. The summed E-state index contributed by atoms with van der Waals surface area (Å²) in [6.45, 7) is 3.80. The molecule has 2 atom stereocenters. The summed E-state index contributed by atoms with van der Waals surface area (Å²) in [6, 6.07) is 7.82. The van der Waals surface area contributed by atoms with Crippen LogP contribution in [0.5, 0.6) is 0 Å². The van der Waals surface area contributed by atoms with Crippen LogP contribution in [-0.4, -0.2) is 53.8 Å². The topological polar surface area (TPSA) is 124 Å². The van der Waals surface area contributed by atoms with Crippen LogP contribution in [0.15, 0.2) is 53.8 Å². The van der Waals surface area contributed by atoms with E-state index in [-0.39, 0.29) is 39.0 Å². The Balaban J connectivity index is 1.54. The van der Waals surface area contributed by atoms with E-state index >= 15 is 0 Å². The molecule has 0 spiro atoms. The summed E-state index contributed by atoms with van der Waals surface area (Å²) in [4.78, 5) is 12.9. The summed E-state index contributed by atoms with van der Waals surface area (Å²) in [5, 5.41) is 3.81. The Morgan fingerprint density at radius 3 is 2.58 bits per heavy atom. The van der Waals surface area contributed by atoms with E-state index in [1.807, 2.05) is 13.8 Å². The van der Waals surface area contributed by atoms with Gasteiger partial charge in [-0.05, 0) is 49.8 Å². The van der Waals surface area contributed by atoms with Gasteiger partial charge < -0.3 is 5.32 Å². The van der Waals surface area contributed by atoms with Crippen LogP contribution in [0.2, 0.25) is 5.02 Å². The van der Waals surface area contributed by atoms with Crippen molar-refractivity contribution < 1.29 is 21.2 Å². The minimum absolute atomic E-state index is 0.0455. The van der Waals surface area contributed by atoms with Crippen LogP contribution < -0.4 is 5.32 Å². The fraction of sp³-hybridized carbons (Fsp3) is 0.370. The summed E-state index contributed by atoms with van der Waals surface area (Å²) in [7, 11) is -7.22. The fourth-order valence-electron chi connectivity index (χ4n) is 5.49. The SMILES string of the molecule is Cc1ccc(S(=O)(=O)n2cc(-c3ncc(F)c(N[C@H]4CCC[C@](C)(CS(C)(=O)=O)C4)n3)c3cc(Cl)cnc32)cc1. The Bertz CT molecular complexity index is 1810. The first-order chi connectivity index (χ1) is 18.7. The normalized spacial score (nSPS) is 20.1. The maximum atomic E-state index is 14.9. The standard InChI is InChI=1S/C27H29ClFN5O4S2/c1-17-6-8-20(9-7-17)40(37,38)34-15-22(21-11-18(28)13-31-26(21)34)24-30-14-23(29)25(33-24)32-19-5-4-10-27(2,12-19)16-39(3,35)36/h6-9,11,13-15,19H,4-5,10,12,16H2,1-3H3,(H,30,32,33)/t19-,27-/m0/s1. The number of aryl methyl sites for hydroxylation is 1. The summed E-state index contributed by atoms with van der Waals surface area (Å²) >= 11 is 6.22. The van der Waals surface area contributed by atoms with Crippen LogP contribution in [0.4, 0.5) is 10.2 Å². The molecule has 40 heavy (non-hydrogen) atoms. The van der Waals surface area contributed by atoms with Gasteiger partial charge in [-0.1, -0.05) is 42.6 Å². The third-order valence-corrected chi connectivity index (χ3v) is 10.3. The molecule has 0 radical (unpaired) electrons. The lowest BCUT2D eigenvalue weighted by molar-refractivity contribution is 0.232. The van der Waals surface area contributed by atoms with E-state index in [2.05, 4.69) is 20.3 Å². The number of sulfone groups is 1. The number of nitrogens with zero attached hydrogens (tertiary/aromatic N) is 4. The second-order valence-electron chi connectivity index (χ2n) is 10.9. The summed E-state index contributed by atoms with van der Waals surface area (Å²) in [5.74, 6) is -0.578. The molecule has 5 rings (SSSR count). The Kier molecular flexibility index (Phi) is 7.38. The number of fused-ring (bicyclic) bond motifs is 1. The van der Waals surface area contributed by atoms with Crippen molar-refractivity contribution in [1.82, 2.24) is 18.9 Å². The lowest BCUT2D eigenvalue weighted by Crippen LogP contribution is -2.38. The molecule has 1 fully saturated rings. The first kappa shape index (κ1) is 28.4. The predicted molar refractivity (Wildman–Crippen MR) is 153 cm³/mol. The minimum atomic E-state index is -4.03. The molecular weight excluding hydrogens is 577 g/mol. The first-order valence-corrected chi connectivity index (χ1v) is 16.6. The molecule has 13 heteroatoms. The highest BCUT2D eigenvalue weighted by atomic mass is 35.5. The third kappa shape index (κ3) is 5.84. The molecule has 3 heterocycles. The zero-order valence-electron chi connectivity index (χ0n) is 22.2. The molecule has 0 unspecified atom stereocenters. The number of pyridine rings is 1. The number of anilines is 1. The Hall–Kier alpha value is -3.09. The number of benzene rings is 1. The van der Waals surface area contributed by atoms with E-state index in [1.54, 1.807) is 18.2 Å². The number of nitrogens with one attached hydrogen (secondary N) is 1. The summed E-state index contributed by atoms with van der Waals surface area (Å²) < 4.78 is 67.0. The van der Waals surface area contributed by atoms with Gasteiger partial charge in [0.25, 0.3) is 10.0 Å². The van der Waals surface area contributed by atoms with Crippen molar-refractivity contribution in [2.24, 2.45) is 5.41 Å². The minimum Gasteiger partial charge on any atom is -0.365 e. The van der Waals surface area contributed by atoms with Gasteiger partial charge in [0.05, 0.1) is 21.9 Å². The molecule has 1 N–H and O–H groups in total. The van der Waals surface area contributed by atoms with Crippen LogP contribution in [0.25, 0.3) is 22.4 Å². The van der Waals surface area contributed by atoms with E-state index < -0.39 is 31.1 Å². The van der Waals surface area contributed by atoms with Crippen molar-refractivity contribution in [3.05, 3.63) is 65.3 Å². The average Bonchev–Trinajstić information content (AvgIpc) is 3.24. The molecule has 212 valence electrons. The van der Waals surface area contributed by atoms with E-state index in [9.17, 15) is 21.2 Å². The maximum Gasteiger partial charge on any atom is 0.269 e. The Labute approximate surface area is 237 Å². The van der Waals surface area contributed by atoms with Gasteiger partial charge in [0.15, 0.2) is 23.1 Å². The van der Waals surface area contributed by atoms with Gasteiger partial charge in [0.1, 0.15) is 9.84 Å². The summed E-state index contributed by atoms with van der Waals surface area (Å²) in [5.41, 5.74) is 0.924. The van der Waals surface area contributed by atoms with Gasteiger partial charge >= 0.3 is 0 Å². The molecule has 0 amide bonds. The molecule has 1 aliphatic carbocycles. The summed E-state index contributed by atoms with van der Waals surface area (Å²) in [6.07, 6.45) is 7.78. The molecule has 3 aromatic heterocycles. The Morgan fingerprint density at radius 1 is 1.15 bits per heavy atom. The monoisotopic (exact) mass is 605 g/mol.